The molecule has 2 aliphatic rings. The second-order valence-electron chi connectivity index (χ2n) is 7.27. The van der Waals surface area contributed by atoms with Crippen LogP contribution < -0.4 is 10.6 Å². The third-order valence-corrected chi connectivity index (χ3v) is 5.83. The number of rotatable bonds is 3. The van der Waals surface area contributed by atoms with Gasteiger partial charge in [0, 0.05) is 24.5 Å². The molecule has 144 valence electrons. The lowest BCUT2D eigenvalue weighted by molar-refractivity contribution is -0.122. The summed E-state index contributed by atoms with van der Waals surface area (Å²) < 4.78 is 1.68. The summed E-state index contributed by atoms with van der Waals surface area (Å²) in [5.74, 6) is -0.444. The molecule has 3 heterocycles. The van der Waals surface area contributed by atoms with Crippen LogP contribution in [0.2, 0.25) is 5.02 Å². The van der Waals surface area contributed by atoms with Crippen molar-refractivity contribution in [3.63, 3.8) is 0 Å². The van der Waals surface area contributed by atoms with Crippen LogP contribution in [0.25, 0.3) is 5.65 Å². The molecule has 2 fully saturated rings. The molecular formula is C20H15ClN6O2. The quantitative estimate of drug-likeness (QED) is 0.693. The molecular weight excluding hydrogens is 392 g/mol. The summed E-state index contributed by atoms with van der Waals surface area (Å²) >= 11 is 6.20. The SMILES string of the molecule is N#Cc1ccc([C@H]2C[C@@H]2c2cc(C3CNC(=O)NC3=O)nn3ccnc23)cc1Cl. The van der Waals surface area contributed by atoms with Gasteiger partial charge >= 0.3 is 6.03 Å². The molecule has 9 heteroatoms. The van der Waals surface area contributed by atoms with Gasteiger partial charge in [-0.2, -0.15) is 10.4 Å². The fourth-order valence-corrected chi connectivity index (χ4v) is 4.17. The minimum Gasteiger partial charge on any atom is -0.337 e. The number of imide groups is 1. The fraction of sp³-hybridized carbons (Fsp3) is 0.250. The highest BCUT2D eigenvalue weighted by Gasteiger charge is 2.42. The van der Waals surface area contributed by atoms with E-state index in [9.17, 15) is 9.59 Å². The lowest BCUT2D eigenvalue weighted by atomic mass is 9.99. The van der Waals surface area contributed by atoms with Crippen molar-refractivity contribution in [2.75, 3.05) is 6.54 Å². The van der Waals surface area contributed by atoms with Crippen LogP contribution in [0.3, 0.4) is 0 Å². The Labute approximate surface area is 170 Å². The molecule has 29 heavy (non-hydrogen) atoms. The molecule has 3 amide bonds. The van der Waals surface area contributed by atoms with Crippen molar-refractivity contribution in [1.82, 2.24) is 25.2 Å². The van der Waals surface area contributed by atoms with Crippen molar-refractivity contribution in [3.8, 4) is 6.07 Å². The number of nitriles is 1. The van der Waals surface area contributed by atoms with Gasteiger partial charge in [0.15, 0.2) is 5.65 Å². The average molecular weight is 407 g/mol. The number of imidazole rings is 1. The van der Waals surface area contributed by atoms with Gasteiger partial charge in [-0.1, -0.05) is 17.7 Å². The Bertz CT molecular complexity index is 1210. The first-order valence-corrected chi connectivity index (χ1v) is 9.55. The number of hydrogen-bond donors (Lipinski definition) is 2. The van der Waals surface area contributed by atoms with Gasteiger partial charge in [-0.3, -0.25) is 10.1 Å². The van der Waals surface area contributed by atoms with Crippen LogP contribution in [0.15, 0.2) is 36.7 Å². The summed E-state index contributed by atoms with van der Waals surface area (Å²) in [7, 11) is 0. The molecule has 3 atom stereocenters. The van der Waals surface area contributed by atoms with Crippen LogP contribution in [0, 0.1) is 11.3 Å². The molecule has 1 aromatic carbocycles. The van der Waals surface area contributed by atoms with E-state index in [4.69, 9.17) is 16.9 Å². The molecule has 1 saturated carbocycles. The topological polar surface area (TPSA) is 112 Å². The molecule has 5 rings (SSSR count). The number of nitrogens with zero attached hydrogens (tertiary/aromatic N) is 4. The van der Waals surface area contributed by atoms with Crippen molar-refractivity contribution in [1.29, 1.82) is 5.26 Å². The Morgan fingerprint density at radius 3 is 2.86 bits per heavy atom. The Morgan fingerprint density at radius 2 is 2.10 bits per heavy atom. The number of carbonyl (C=O) groups excluding carboxylic acids is 2. The van der Waals surface area contributed by atoms with Gasteiger partial charge in [-0.25, -0.2) is 14.3 Å². The van der Waals surface area contributed by atoms with E-state index in [2.05, 4.69) is 26.8 Å². The maximum absolute atomic E-state index is 12.3. The Kier molecular flexibility index (Phi) is 4.00. The van der Waals surface area contributed by atoms with E-state index >= 15 is 0 Å². The number of benzene rings is 1. The number of aromatic nitrogens is 3. The van der Waals surface area contributed by atoms with Crippen LogP contribution in [-0.2, 0) is 4.79 Å². The third kappa shape index (κ3) is 3.00. The molecule has 3 aromatic rings. The summed E-state index contributed by atoms with van der Waals surface area (Å²) in [6.07, 6.45) is 4.34. The summed E-state index contributed by atoms with van der Waals surface area (Å²) in [5.41, 5.74) is 3.88. The van der Waals surface area contributed by atoms with E-state index in [-0.39, 0.29) is 24.3 Å². The van der Waals surface area contributed by atoms with Gasteiger partial charge in [-0.15, -0.1) is 0 Å². The van der Waals surface area contributed by atoms with E-state index in [0.717, 1.165) is 23.2 Å². The minimum absolute atomic E-state index is 0.205. The van der Waals surface area contributed by atoms with E-state index in [1.807, 2.05) is 18.2 Å². The van der Waals surface area contributed by atoms with Crippen molar-refractivity contribution in [2.45, 2.75) is 24.2 Å². The number of nitrogens with one attached hydrogen (secondary N) is 2. The molecule has 0 spiro atoms. The van der Waals surface area contributed by atoms with Crippen LogP contribution in [-0.4, -0.2) is 33.1 Å². The summed E-state index contributed by atoms with van der Waals surface area (Å²) in [5, 5.41) is 19.0. The van der Waals surface area contributed by atoms with E-state index in [1.54, 1.807) is 23.0 Å². The molecule has 0 radical (unpaired) electrons. The molecule has 8 nitrogen and oxygen atoms in total. The summed E-state index contributed by atoms with van der Waals surface area (Å²) in [4.78, 5) is 28.1. The van der Waals surface area contributed by atoms with Crippen LogP contribution in [0.5, 0.6) is 0 Å². The highest BCUT2D eigenvalue weighted by molar-refractivity contribution is 6.31. The maximum Gasteiger partial charge on any atom is 0.321 e. The normalized spacial score (nSPS) is 23.4. The molecule has 1 unspecified atom stereocenters. The number of urea groups is 1. The van der Waals surface area contributed by atoms with Crippen molar-refractivity contribution in [3.05, 3.63) is 64.1 Å². The zero-order chi connectivity index (χ0) is 20.1. The number of hydrogen-bond acceptors (Lipinski definition) is 5. The lowest BCUT2D eigenvalue weighted by Crippen LogP contribution is -2.51. The van der Waals surface area contributed by atoms with Crippen molar-refractivity contribution < 1.29 is 9.59 Å². The minimum atomic E-state index is -0.556. The van der Waals surface area contributed by atoms with Crippen LogP contribution in [0.1, 0.15) is 46.6 Å². The third-order valence-electron chi connectivity index (χ3n) is 5.52. The molecule has 1 aliphatic carbocycles. The van der Waals surface area contributed by atoms with Crippen molar-refractivity contribution >= 4 is 29.2 Å². The summed E-state index contributed by atoms with van der Waals surface area (Å²) in [6.45, 7) is 0.205. The zero-order valence-electron chi connectivity index (χ0n) is 15.1. The van der Waals surface area contributed by atoms with E-state index in [0.29, 0.717) is 16.3 Å². The van der Waals surface area contributed by atoms with E-state index in [1.165, 1.54) is 0 Å². The lowest BCUT2D eigenvalue weighted by Gasteiger charge is -2.22. The Balaban J connectivity index is 1.50. The van der Waals surface area contributed by atoms with Gasteiger partial charge in [0.25, 0.3) is 0 Å². The maximum atomic E-state index is 12.3. The second-order valence-corrected chi connectivity index (χ2v) is 7.68. The highest BCUT2D eigenvalue weighted by Crippen LogP contribution is 2.56. The Morgan fingerprint density at radius 1 is 1.24 bits per heavy atom. The van der Waals surface area contributed by atoms with Crippen LogP contribution >= 0.6 is 11.6 Å². The number of fused-ring (bicyclic) bond motifs is 1. The molecule has 1 aliphatic heterocycles. The van der Waals surface area contributed by atoms with Gasteiger partial charge < -0.3 is 5.32 Å². The summed E-state index contributed by atoms with van der Waals surface area (Å²) in [6, 6.07) is 9.02. The molecule has 2 N–H and O–H groups in total. The monoisotopic (exact) mass is 406 g/mol. The first-order chi connectivity index (χ1) is 14.0. The molecule has 0 bridgehead atoms. The smallest absolute Gasteiger partial charge is 0.321 e. The van der Waals surface area contributed by atoms with Gasteiger partial charge in [0.05, 0.1) is 22.2 Å². The largest absolute Gasteiger partial charge is 0.337 e. The number of halogens is 1. The van der Waals surface area contributed by atoms with Crippen LogP contribution in [0.4, 0.5) is 4.79 Å². The second kappa shape index (κ2) is 6.57. The standard InChI is InChI=1S/C20H15ClN6O2/c21-16-5-10(1-2-11(16)8-22)12-6-13(12)14-7-17(26-27-4-3-23-18(14)27)15-9-24-20(29)25-19(15)28/h1-5,7,12-13,15H,6,9H2,(H2,24,25,28,29)/t12-,13+,15?/m1/s1. The first-order valence-electron chi connectivity index (χ1n) is 9.17. The van der Waals surface area contributed by atoms with Gasteiger partial charge in [0.1, 0.15) is 6.07 Å². The van der Waals surface area contributed by atoms with Gasteiger partial charge in [-0.05, 0) is 42.0 Å². The molecule has 2 aromatic heterocycles. The Hall–Kier alpha value is -3.44. The molecule has 1 saturated heterocycles. The highest BCUT2D eigenvalue weighted by atomic mass is 35.5. The zero-order valence-corrected chi connectivity index (χ0v) is 15.8. The first kappa shape index (κ1) is 17.6. The number of amides is 3. The number of carbonyl (C=O) groups is 2. The predicted octanol–water partition coefficient (Wildman–Crippen LogP) is 2.45. The van der Waals surface area contributed by atoms with E-state index < -0.39 is 11.9 Å². The van der Waals surface area contributed by atoms with Gasteiger partial charge in [0.2, 0.25) is 5.91 Å². The van der Waals surface area contributed by atoms with Crippen molar-refractivity contribution in [2.24, 2.45) is 0 Å². The predicted molar refractivity (Wildman–Crippen MR) is 104 cm³/mol. The fourth-order valence-electron chi connectivity index (χ4n) is 3.93. The average Bonchev–Trinajstić information content (AvgIpc) is 3.36.